The highest BCUT2D eigenvalue weighted by Crippen LogP contribution is 2.39. The van der Waals surface area contributed by atoms with E-state index in [0.717, 1.165) is 11.2 Å². The third-order valence-corrected chi connectivity index (χ3v) is 4.84. The Morgan fingerprint density at radius 2 is 2.00 bits per heavy atom. The summed E-state index contributed by atoms with van der Waals surface area (Å²) in [5.41, 5.74) is 6.39. The number of thioether (sulfide) groups is 1. The van der Waals surface area contributed by atoms with Crippen molar-refractivity contribution in [2.75, 3.05) is 11.5 Å². The molecule has 0 spiro atoms. The molecule has 2 rings (SSSR count). The Kier molecular flexibility index (Phi) is 4.74. The number of carbonyl (C=O) groups excluding carboxylic acids is 1. The number of carbonyl (C=O) groups is 1. The minimum atomic E-state index is -0.499. The van der Waals surface area contributed by atoms with Gasteiger partial charge in [-0.1, -0.05) is 11.8 Å². The van der Waals surface area contributed by atoms with Gasteiger partial charge in [-0.15, -0.1) is 0 Å². The van der Waals surface area contributed by atoms with Crippen molar-refractivity contribution in [3.8, 4) is 0 Å². The van der Waals surface area contributed by atoms with E-state index in [1.165, 1.54) is 11.8 Å². The van der Waals surface area contributed by atoms with Crippen molar-refractivity contribution < 1.29 is 14.1 Å². The third-order valence-electron chi connectivity index (χ3n) is 3.96. The second-order valence-electron chi connectivity index (χ2n) is 6.34. The van der Waals surface area contributed by atoms with Crippen LogP contribution in [0, 0.1) is 0 Å². The van der Waals surface area contributed by atoms with Crippen molar-refractivity contribution in [2.24, 2.45) is 0 Å². The van der Waals surface area contributed by atoms with E-state index in [0.29, 0.717) is 11.6 Å². The molecular weight excluding hydrogens is 301 g/mol. The van der Waals surface area contributed by atoms with Gasteiger partial charge >= 0.3 is 7.12 Å². The minimum Gasteiger partial charge on any atom is -0.400 e. The van der Waals surface area contributed by atoms with E-state index in [4.69, 9.17) is 15.0 Å². The molecule has 1 saturated heterocycles. The summed E-state index contributed by atoms with van der Waals surface area (Å²) in [7, 11) is -0.499. The molecule has 0 aromatic carbocycles. The summed E-state index contributed by atoms with van der Waals surface area (Å²) in [4.78, 5) is 11.3. The standard InChI is InChI=1S/C14H22BN3O3S/c1-9(19)22-8-10(6-11-7-12(16)18-17-11)15-20-13(2,3)14(4,5)21-15/h6-7H,8H2,1-5H3,(H3,16,17,18). The molecule has 0 bridgehead atoms. The van der Waals surface area contributed by atoms with Gasteiger partial charge in [0, 0.05) is 18.7 Å². The zero-order chi connectivity index (χ0) is 16.5. The van der Waals surface area contributed by atoms with Gasteiger partial charge in [0.2, 0.25) is 0 Å². The van der Waals surface area contributed by atoms with Crippen LogP contribution < -0.4 is 5.73 Å². The van der Waals surface area contributed by atoms with Gasteiger partial charge in [0.1, 0.15) is 5.82 Å². The average molecular weight is 323 g/mol. The molecule has 6 nitrogen and oxygen atoms in total. The Hall–Kier alpha value is -1.25. The first kappa shape index (κ1) is 17.1. The molecule has 120 valence electrons. The van der Waals surface area contributed by atoms with E-state index in [1.807, 2.05) is 33.8 Å². The number of anilines is 1. The Balaban J connectivity index is 2.25. The number of H-pyrrole nitrogens is 1. The molecule has 0 atom stereocenters. The Labute approximate surface area is 135 Å². The van der Waals surface area contributed by atoms with Crippen molar-refractivity contribution in [3.05, 3.63) is 17.2 Å². The lowest BCUT2D eigenvalue weighted by molar-refractivity contribution is -0.109. The van der Waals surface area contributed by atoms with Crippen molar-refractivity contribution in [3.63, 3.8) is 0 Å². The Morgan fingerprint density at radius 1 is 1.41 bits per heavy atom. The zero-order valence-corrected chi connectivity index (χ0v) is 14.4. The van der Waals surface area contributed by atoms with Crippen LogP contribution in [0.2, 0.25) is 0 Å². The highest BCUT2D eigenvalue weighted by Gasteiger charge is 2.52. The van der Waals surface area contributed by atoms with Gasteiger partial charge in [0.25, 0.3) is 0 Å². The maximum absolute atomic E-state index is 11.3. The summed E-state index contributed by atoms with van der Waals surface area (Å²) < 4.78 is 12.1. The minimum absolute atomic E-state index is 0.0477. The van der Waals surface area contributed by atoms with Gasteiger partial charge in [-0.2, -0.15) is 5.10 Å². The number of aromatic amines is 1. The maximum Gasteiger partial charge on any atom is 0.491 e. The van der Waals surface area contributed by atoms with Crippen LogP contribution in [-0.2, 0) is 14.1 Å². The lowest BCUT2D eigenvalue weighted by Crippen LogP contribution is -2.41. The number of hydrogen-bond acceptors (Lipinski definition) is 6. The topological polar surface area (TPSA) is 90.2 Å². The zero-order valence-electron chi connectivity index (χ0n) is 13.6. The highest BCUT2D eigenvalue weighted by molar-refractivity contribution is 8.13. The summed E-state index contributed by atoms with van der Waals surface area (Å²) in [6.45, 7) is 9.53. The number of hydrogen-bond donors (Lipinski definition) is 2. The Bertz CT molecular complexity index is 582. The first-order valence-corrected chi connectivity index (χ1v) is 8.09. The summed E-state index contributed by atoms with van der Waals surface area (Å²) in [6, 6.07) is 1.73. The van der Waals surface area contributed by atoms with Gasteiger partial charge in [-0.3, -0.25) is 9.89 Å². The van der Waals surface area contributed by atoms with E-state index in [2.05, 4.69) is 10.2 Å². The monoisotopic (exact) mass is 323 g/mol. The number of nitrogen functional groups attached to an aromatic ring is 1. The number of nitrogens with one attached hydrogen (secondary N) is 1. The maximum atomic E-state index is 11.3. The van der Waals surface area contributed by atoms with Gasteiger partial charge in [0.15, 0.2) is 5.12 Å². The van der Waals surface area contributed by atoms with E-state index in [9.17, 15) is 4.79 Å². The quantitative estimate of drug-likeness (QED) is 0.826. The number of aromatic nitrogens is 2. The molecule has 0 aliphatic carbocycles. The van der Waals surface area contributed by atoms with Gasteiger partial charge < -0.3 is 15.0 Å². The molecule has 1 aromatic heterocycles. The summed E-state index contributed by atoms with van der Waals surface area (Å²) >= 11 is 1.22. The summed E-state index contributed by atoms with van der Waals surface area (Å²) in [5, 5.41) is 6.78. The molecule has 0 radical (unpaired) electrons. The molecule has 22 heavy (non-hydrogen) atoms. The highest BCUT2D eigenvalue weighted by atomic mass is 32.2. The molecule has 0 unspecified atom stereocenters. The largest absolute Gasteiger partial charge is 0.491 e. The fourth-order valence-corrected chi connectivity index (χ4v) is 2.57. The van der Waals surface area contributed by atoms with Crippen molar-refractivity contribution >= 4 is 35.9 Å². The van der Waals surface area contributed by atoms with E-state index in [-0.39, 0.29) is 5.12 Å². The predicted octanol–water partition coefficient (Wildman–Crippen LogP) is 2.29. The number of nitrogens with two attached hydrogens (primary N) is 1. The summed E-state index contributed by atoms with van der Waals surface area (Å²) in [6.07, 6.45) is 1.88. The van der Waals surface area contributed by atoms with E-state index in [1.54, 1.807) is 13.0 Å². The fraction of sp³-hybridized carbons (Fsp3) is 0.571. The van der Waals surface area contributed by atoms with Crippen LogP contribution in [0.15, 0.2) is 11.5 Å². The van der Waals surface area contributed by atoms with E-state index < -0.39 is 18.3 Å². The van der Waals surface area contributed by atoms with Crippen LogP contribution >= 0.6 is 11.8 Å². The first-order valence-electron chi connectivity index (χ1n) is 7.11. The second kappa shape index (κ2) is 6.10. The van der Waals surface area contributed by atoms with Gasteiger partial charge in [0.05, 0.1) is 16.9 Å². The predicted molar refractivity (Wildman–Crippen MR) is 90.2 cm³/mol. The lowest BCUT2D eigenvalue weighted by Gasteiger charge is -2.32. The van der Waals surface area contributed by atoms with Crippen LogP contribution in [0.25, 0.3) is 6.08 Å². The Morgan fingerprint density at radius 3 is 2.45 bits per heavy atom. The van der Waals surface area contributed by atoms with Crippen LogP contribution in [0.1, 0.15) is 40.3 Å². The number of rotatable bonds is 4. The molecule has 0 amide bonds. The van der Waals surface area contributed by atoms with Gasteiger partial charge in [-0.25, -0.2) is 0 Å². The first-order chi connectivity index (χ1) is 10.1. The third kappa shape index (κ3) is 3.74. The molecule has 2 heterocycles. The smallest absolute Gasteiger partial charge is 0.400 e. The molecule has 0 saturated carbocycles. The van der Waals surface area contributed by atoms with E-state index >= 15 is 0 Å². The molecule has 1 fully saturated rings. The van der Waals surface area contributed by atoms with Crippen LogP contribution in [-0.4, -0.2) is 39.4 Å². The van der Waals surface area contributed by atoms with Crippen molar-refractivity contribution in [2.45, 2.75) is 45.8 Å². The lowest BCUT2D eigenvalue weighted by atomic mass is 9.78. The molecule has 8 heteroatoms. The second-order valence-corrected chi connectivity index (χ2v) is 7.49. The van der Waals surface area contributed by atoms with Gasteiger partial charge in [-0.05, 0) is 39.2 Å². The summed E-state index contributed by atoms with van der Waals surface area (Å²) in [5.74, 6) is 0.907. The van der Waals surface area contributed by atoms with Crippen molar-refractivity contribution in [1.29, 1.82) is 0 Å². The molecule has 1 aliphatic heterocycles. The SMILES string of the molecule is CC(=O)SCC(=Cc1cc(N)n[nH]1)B1OC(C)(C)C(C)(C)O1. The normalized spacial score (nSPS) is 20.4. The van der Waals surface area contributed by atoms with Crippen LogP contribution in [0.5, 0.6) is 0 Å². The fourth-order valence-electron chi connectivity index (χ4n) is 1.98. The number of nitrogens with zero attached hydrogens (tertiary/aromatic N) is 1. The molecular formula is C14H22BN3O3S. The van der Waals surface area contributed by atoms with Crippen molar-refractivity contribution in [1.82, 2.24) is 10.2 Å². The average Bonchev–Trinajstić information content (AvgIpc) is 2.86. The molecule has 1 aliphatic rings. The van der Waals surface area contributed by atoms with Crippen LogP contribution in [0.4, 0.5) is 5.82 Å². The molecule has 3 N–H and O–H groups in total. The van der Waals surface area contributed by atoms with Crippen LogP contribution in [0.3, 0.4) is 0 Å². The molecule has 1 aromatic rings.